The lowest BCUT2D eigenvalue weighted by Gasteiger charge is -2.19. The summed E-state index contributed by atoms with van der Waals surface area (Å²) in [5.74, 6) is 6.42. The minimum atomic E-state index is -0.254. The van der Waals surface area contributed by atoms with Crippen molar-refractivity contribution >= 4 is 15.9 Å². The molecule has 96 valence electrons. The molecule has 0 radical (unpaired) electrons. The average Bonchev–Trinajstić information content (AvgIpc) is 2.72. The molecule has 1 heterocycles. The van der Waals surface area contributed by atoms with Crippen LogP contribution < -0.4 is 16.0 Å². The Morgan fingerprint density at radius 1 is 1.44 bits per heavy atom. The van der Waals surface area contributed by atoms with Crippen molar-refractivity contribution in [3.8, 4) is 5.75 Å². The third-order valence-electron chi connectivity index (χ3n) is 2.72. The molecule has 0 spiro atoms. The molecule has 2 rings (SSSR count). The summed E-state index contributed by atoms with van der Waals surface area (Å²) in [7, 11) is 3.44. The third kappa shape index (κ3) is 2.24. The zero-order valence-corrected chi connectivity index (χ0v) is 11.7. The molecule has 1 aromatic heterocycles. The van der Waals surface area contributed by atoms with Gasteiger partial charge in [0.15, 0.2) is 4.60 Å². The molecule has 0 amide bonds. The first-order chi connectivity index (χ1) is 8.69. The number of methoxy groups -OCH3 is 1. The predicted molar refractivity (Wildman–Crippen MR) is 70.9 cm³/mol. The molecule has 7 heteroatoms. The lowest BCUT2D eigenvalue weighted by molar-refractivity contribution is 0.402. The molecule has 1 aromatic carbocycles. The van der Waals surface area contributed by atoms with Gasteiger partial charge in [0.1, 0.15) is 5.75 Å². The van der Waals surface area contributed by atoms with Gasteiger partial charge in [0.25, 0.3) is 0 Å². The van der Waals surface area contributed by atoms with E-state index >= 15 is 0 Å². The number of aryl methyl sites for hydroxylation is 1. The number of hydrazine groups is 1. The Bertz CT molecular complexity index is 522. The maximum Gasteiger partial charge on any atom is 0.153 e. The second-order valence-electron chi connectivity index (χ2n) is 3.73. The molecule has 0 aliphatic heterocycles. The van der Waals surface area contributed by atoms with Crippen LogP contribution in [0.5, 0.6) is 5.75 Å². The maximum atomic E-state index is 5.66. The monoisotopic (exact) mass is 311 g/mol. The van der Waals surface area contributed by atoms with Gasteiger partial charge in [-0.2, -0.15) is 0 Å². The van der Waals surface area contributed by atoms with Crippen LogP contribution in [-0.2, 0) is 7.05 Å². The molecule has 1 atom stereocenters. The van der Waals surface area contributed by atoms with Gasteiger partial charge in [0, 0.05) is 12.6 Å². The minimum absolute atomic E-state index is 0.254. The van der Waals surface area contributed by atoms with Crippen molar-refractivity contribution in [1.82, 2.24) is 20.4 Å². The Morgan fingerprint density at radius 3 is 2.72 bits per heavy atom. The van der Waals surface area contributed by atoms with Gasteiger partial charge in [-0.15, -0.1) is 5.10 Å². The SMILES string of the molecule is COc1ccccc1C(NN)c1c(Br)nnn1C. The van der Waals surface area contributed by atoms with Gasteiger partial charge < -0.3 is 4.74 Å². The number of hydrogen-bond donors (Lipinski definition) is 2. The van der Waals surface area contributed by atoms with Crippen LogP contribution in [0.3, 0.4) is 0 Å². The van der Waals surface area contributed by atoms with Crippen LogP contribution in [0.4, 0.5) is 0 Å². The molecule has 3 N–H and O–H groups in total. The van der Waals surface area contributed by atoms with Crippen LogP contribution in [0.15, 0.2) is 28.9 Å². The highest BCUT2D eigenvalue weighted by Gasteiger charge is 2.23. The van der Waals surface area contributed by atoms with Crippen LogP contribution in [-0.4, -0.2) is 22.1 Å². The topological polar surface area (TPSA) is 78.0 Å². The van der Waals surface area contributed by atoms with E-state index in [0.29, 0.717) is 4.60 Å². The molecule has 6 nitrogen and oxygen atoms in total. The summed E-state index contributed by atoms with van der Waals surface area (Å²) in [6, 6.07) is 7.42. The van der Waals surface area contributed by atoms with E-state index in [9.17, 15) is 0 Å². The Labute approximate surface area is 113 Å². The molecule has 18 heavy (non-hydrogen) atoms. The van der Waals surface area contributed by atoms with Crippen LogP contribution in [0, 0.1) is 0 Å². The van der Waals surface area contributed by atoms with E-state index in [1.165, 1.54) is 0 Å². The summed E-state index contributed by atoms with van der Waals surface area (Å²) in [5.41, 5.74) is 4.53. The number of rotatable bonds is 4. The normalized spacial score (nSPS) is 12.4. The molecule has 0 aliphatic carbocycles. The first kappa shape index (κ1) is 13.0. The Kier molecular flexibility index (Phi) is 3.95. The summed E-state index contributed by atoms with van der Waals surface area (Å²) < 4.78 is 7.66. The molecule has 0 saturated carbocycles. The van der Waals surface area contributed by atoms with Gasteiger partial charge in [-0.3, -0.25) is 5.84 Å². The Balaban J connectivity index is 2.52. The number of nitrogens with zero attached hydrogens (tertiary/aromatic N) is 3. The van der Waals surface area contributed by atoms with Crippen molar-refractivity contribution in [3.05, 3.63) is 40.1 Å². The zero-order valence-electron chi connectivity index (χ0n) is 10.1. The van der Waals surface area contributed by atoms with Crippen molar-refractivity contribution < 1.29 is 4.74 Å². The van der Waals surface area contributed by atoms with Crippen LogP contribution in [0.2, 0.25) is 0 Å². The summed E-state index contributed by atoms with van der Waals surface area (Å²) >= 11 is 3.37. The number of nitrogens with two attached hydrogens (primary N) is 1. The smallest absolute Gasteiger partial charge is 0.153 e. The summed E-state index contributed by atoms with van der Waals surface area (Å²) in [6.45, 7) is 0. The fraction of sp³-hybridized carbons (Fsp3) is 0.273. The van der Waals surface area contributed by atoms with Gasteiger partial charge in [-0.25, -0.2) is 10.1 Å². The number of ether oxygens (including phenoxy) is 1. The average molecular weight is 312 g/mol. The standard InChI is InChI=1S/C11H14BrN5O/c1-17-10(11(12)15-16-17)9(14-13)7-5-3-4-6-8(7)18-2/h3-6,9,14H,13H2,1-2H3. The highest BCUT2D eigenvalue weighted by atomic mass is 79.9. The zero-order chi connectivity index (χ0) is 13.1. The summed E-state index contributed by atoms with van der Waals surface area (Å²) in [5, 5.41) is 7.91. The molecular formula is C11H14BrN5O. The fourth-order valence-corrected chi connectivity index (χ4v) is 2.42. The number of nitrogens with one attached hydrogen (secondary N) is 1. The van der Waals surface area contributed by atoms with Gasteiger partial charge >= 0.3 is 0 Å². The van der Waals surface area contributed by atoms with E-state index in [1.54, 1.807) is 11.8 Å². The lowest BCUT2D eigenvalue weighted by atomic mass is 10.0. The molecule has 0 bridgehead atoms. The van der Waals surface area contributed by atoms with E-state index < -0.39 is 0 Å². The molecule has 0 fully saturated rings. The van der Waals surface area contributed by atoms with Crippen molar-refractivity contribution in [2.75, 3.05) is 7.11 Å². The number of halogens is 1. The highest BCUT2D eigenvalue weighted by molar-refractivity contribution is 9.10. The first-order valence-electron chi connectivity index (χ1n) is 5.33. The number of aromatic nitrogens is 3. The second kappa shape index (κ2) is 5.47. The van der Waals surface area contributed by atoms with Crippen LogP contribution in [0.25, 0.3) is 0 Å². The molecular weight excluding hydrogens is 298 g/mol. The van der Waals surface area contributed by atoms with Crippen LogP contribution in [0.1, 0.15) is 17.3 Å². The van der Waals surface area contributed by atoms with E-state index in [0.717, 1.165) is 17.0 Å². The van der Waals surface area contributed by atoms with Gasteiger partial charge in [-0.05, 0) is 22.0 Å². The van der Waals surface area contributed by atoms with Crippen molar-refractivity contribution in [1.29, 1.82) is 0 Å². The minimum Gasteiger partial charge on any atom is -0.496 e. The van der Waals surface area contributed by atoms with Crippen molar-refractivity contribution in [3.63, 3.8) is 0 Å². The molecule has 1 unspecified atom stereocenters. The Morgan fingerprint density at radius 2 is 2.17 bits per heavy atom. The molecule has 0 saturated heterocycles. The Hall–Kier alpha value is -1.44. The molecule has 0 aliphatic rings. The third-order valence-corrected chi connectivity index (χ3v) is 3.28. The molecule has 2 aromatic rings. The van der Waals surface area contributed by atoms with Crippen molar-refractivity contribution in [2.24, 2.45) is 12.9 Å². The lowest BCUT2D eigenvalue weighted by Crippen LogP contribution is -2.31. The van der Waals surface area contributed by atoms with Gasteiger partial charge in [0.05, 0.1) is 18.8 Å². The largest absolute Gasteiger partial charge is 0.496 e. The van der Waals surface area contributed by atoms with Crippen molar-refractivity contribution in [2.45, 2.75) is 6.04 Å². The first-order valence-corrected chi connectivity index (χ1v) is 6.12. The van der Waals surface area contributed by atoms with E-state index in [1.807, 2.05) is 31.3 Å². The van der Waals surface area contributed by atoms with Crippen LogP contribution >= 0.6 is 15.9 Å². The van der Waals surface area contributed by atoms with Gasteiger partial charge in [0.2, 0.25) is 0 Å². The highest BCUT2D eigenvalue weighted by Crippen LogP contribution is 2.31. The van der Waals surface area contributed by atoms with E-state index in [4.69, 9.17) is 10.6 Å². The van der Waals surface area contributed by atoms with E-state index in [2.05, 4.69) is 31.7 Å². The maximum absolute atomic E-state index is 5.66. The predicted octanol–water partition coefficient (Wildman–Crippen LogP) is 1.14. The van der Waals surface area contributed by atoms with Gasteiger partial charge in [-0.1, -0.05) is 23.4 Å². The second-order valence-corrected chi connectivity index (χ2v) is 4.48. The number of hydrogen-bond acceptors (Lipinski definition) is 5. The number of benzene rings is 1. The summed E-state index contributed by atoms with van der Waals surface area (Å²) in [4.78, 5) is 0. The van der Waals surface area contributed by atoms with E-state index in [-0.39, 0.29) is 6.04 Å². The number of para-hydroxylation sites is 1. The fourth-order valence-electron chi connectivity index (χ4n) is 1.87. The summed E-state index contributed by atoms with van der Waals surface area (Å²) in [6.07, 6.45) is 0. The quantitative estimate of drug-likeness (QED) is 0.654.